The molecule has 2 aromatic carbocycles. The number of carbonyl (C=O) groups is 1. The van der Waals surface area contributed by atoms with Crippen LogP contribution in [0.15, 0.2) is 59.8 Å². The average Bonchev–Trinajstić information content (AvgIpc) is 2.96. The highest BCUT2D eigenvalue weighted by atomic mass is 16.5. The molecule has 1 aromatic heterocycles. The van der Waals surface area contributed by atoms with Crippen molar-refractivity contribution in [1.82, 2.24) is 9.66 Å². The molecule has 0 fully saturated rings. The third-order valence-corrected chi connectivity index (χ3v) is 3.63. The predicted molar refractivity (Wildman–Crippen MR) is 98.5 cm³/mol. The minimum Gasteiger partial charge on any atom is -0.489 e. The second-order valence-corrected chi connectivity index (χ2v) is 5.69. The Labute approximate surface area is 150 Å². The van der Waals surface area contributed by atoms with Crippen molar-refractivity contribution >= 4 is 18.1 Å². The molecule has 3 aromatic rings. The molecule has 3 N–H and O–H groups in total. The molecule has 0 aliphatic rings. The van der Waals surface area contributed by atoms with Crippen LogP contribution in [0.2, 0.25) is 0 Å². The van der Waals surface area contributed by atoms with E-state index in [0.717, 1.165) is 16.8 Å². The van der Waals surface area contributed by atoms with Crippen molar-refractivity contribution in [2.45, 2.75) is 13.5 Å². The smallest absolute Gasteiger partial charge is 0.335 e. The van der Waals surface area contributed by atoms with Crippen molar-refractivity contribution in [2.24, 2.45) is 5.10 Å². The van der Waals surface area contributed by atoms with Crippen LogP contribution in [0.25, 0.3) is 0 Å². The second kappa shape index (κ2) is 7.52. The number of carboxylic acid groups (broad SMARTS) is 1. The molecule has 0 radical (unpaired) electrons. The quantitative estimate of drug-likeness (QED) is 0.665. The van der Waals surface area contributed by atoms with E-state index in [-0.39, 0.29) is 5.56 Å². The first kappa shape index (κ1) is 17.2. The summed E-state index contributed by atoms with van der Waals surface area (Å²) in [6.07, 6.45) is 3.42. The van der Waals surface area contributed by atoms with Crippen molar-refractivity contribution in [1.29, 1.82) is 0 Å². The van der Waals surface area contributed by atoms with Gasteiger partial charge < -0.3 is 15.6 Å². The van der Waals surface area contributed by atoms with E-state index in [0.29, 0.717) is 18.3 Å². The summed E-state index contributed by atoms with van der Waals surface area (Å²) in [5.74, 6) is 0.0624. The van der Waals surface area contributed by atoms with E-state index < -0.39 is 5.97 Å². The summed E-state index contributed by atoms with van der Waals surface area (Å²) < 4.78 is 7.20. The molecule has 0 amide bonds. The van der Waals surface area contributed by atoms with Crippen LogP contribution < -0.4 is 10.5 Å². The number of aromatic nitrogens is 2. The summed E-state index contributed by atoms with van der Waals surface area (Å²) in [4.78, 5) is 15.1. The molecule has 0 bridgehead atoms. The van der Waals surface area contributed by atoms with Gasteiger partial charge in [-0.25, -0.2) is 14.5 Å². The van der Waals surface area contributed by atoms with Gasteiger partial charge in [0.25, 0.3) is 0 Å². The van der Waals surface area contributed by atoms with Gasteiger partial charge in [0.1, 0.15) is 12.4 Å². The predicted octanol–water partition coefficient (Wildman–Crippen LogP) is 2.93. The highest BCUT2D eigenvalue weighted by Crippen LogP contribution is 2.15. The zero-order chi connectivity index (χ0) is 18.5. The molecule has 0 atom stereocenters. The van der Waals surface area contributed by atoms with Crippen LogP contribution in [0.4, 0.5) is 5.95 Å². The summed E-state index contributed by atoms with van der Waals surface area (Å²) in [5, 5.41) is 13.3. The number of aromatic carboxylic acids is 1. The first-order valence-electron chi connectivity index (χ1n) is 7.92. The van der Waals surface area contributed by atoms with Crippen LogP contribution >= 0.6 is 0 Å². The Morgan fingerprint density at radius 3 is 2.73 bits per heavy atom. The zero-order valence-corrected chi connectivity index (χ0v) is 14.2. The maximum absolute atomic E-state index is 11.0. The Hall–Kier alpha value is -3.61. The van der Waals surface area contributed by atoms with Gasteiger partial charge in [0.2, 0.25) is 5.95 Å². The topological polar surface area (TPSA) is 103 Å². The van der Waals surface area contributed by atoms with E-state index in [1.807, 2.05) is 37.3 Å². The lowest BCUT2D eigenvalue weighted by molar-refractivity contribution is 0.0696. The summed E-state index contributed by atoms with van der Waals surface area (Å²) in [6, 6.07) is 14.1. The van der Waals surface area contributed by atoms with E-state index in [9.17, 15) is 4.79 Å². The first-order chi connectivity index (χ1) is 12.5. The zero-order valence-electron chi connectivity index (χ0n) is 14.2. The molecule has 0 spiro atoms. The molecule has 3 rings (SSSR count). The minimum absolute atomic E-state index is 0.242. The maximum Gasteiger partial charge on any atom is 0.335 e. The van der Waals surface area contributed by atoms with Crippen molar-refractivity contribution < 1.29 is 14.6 Å². The van der Waals surface area contributed by atoms with Crippen molar-refractivity contribution in [3.63, 3.8) is 0 Å². The fraction of sp³-hybridized carbons (Fsp3) is 0.105. The molecule has 1 heterocycles. The van der Waals surface area contributed by atoms with Crippen molar-refractivity contribution in [2.75, 3.05) is 5.73 Å². The van der Waals surface area contributed by atoms with Gasteiger partial charge >= 0.3 is 5.97 Å². The number of carboxylic acids is 1. The van der Waals surface area contributed by atoms with E-state index >= 15 is 0 Å². The Bertz CT molecular complexity index is 946. The SMILES string of the molecule is Cc1cn(N=Cc2ccc(OCc3cccc(C(=O)O)c3)cc2)c(N)n1. The monoisotopic (exact) mass is 350 g/mol. The Kier molecular flexibility index (Phi) is 4.98. The van der Waals surface area contributed by atoms with Crippen molar-refractivity contribution in [3.05, 3.63) is 77.1 Å². The molecule has 7 heteroatoms. The van der Waals surface area contributed by atoms with Crippen LogP contribution in [0.1, 0.15) is 27.2 Å². The fourth-order valence-electron chi connectivity index (χ4n) is 2.34. The number of aryl methyl sites for hydroxylation is 1. The highest BCUT2D eigenvalue weighted by molar-refractivity contribution is 5.87. The van der Waals surface area contributed by atoms with Gasteiger partial charge in [0, 0.05) is 0 Å². The van der Waals surface area contributed by atoms with Crippen LogP contribution in [0.3, 0.4) is 0 Å². The lowest BCUT2D eigenvalue weighted by Gasteiger charge is -2.07. The minimum atomic E-state index is -0.954. The van der Waals surface area contributed by atoms with Gasteiger partial charge in [-0.2, -0.15) is 5.10 Å². The number of hydrogen-bond donors (Lipinski definition) is 2. The number of nitrogens with zero attached hydrogens (tertiary/aromatic N) is 3. The number of hydrogen-bond acceptors (Lipinski definition) is 5. The number of nitrogen functional groups attached to an aromatic ring is 1. The molecule has 132 valence electrons. The summed E-state index contributed by atoms with van der Waals surface area (Å²) in [7, 11) is 0. The number of imidazole rings is 1. The van der Waals surface area contributed by atoms with Gasteiger partial charge in [-0.3, -0.25) is 0 Å². The van der Waals surface area contributed by atoms with E-state index in [2.05, 4.69) is 10.1 Å². The van der Waals surface area contributed by atoms with Crippen LogP contribution in [-0.4, -0.2) is 27.0 Å². The largest absolute Gasteiger partial charge is 0.489 e. The fourth-order valence-corrected chi connectivity index (χ4v) is 2.34. The molecule has 0 unspecified atom stereocenters. The van der Waals surface area contributed by atoms with Crippen LogP contribution in [0.5, 0.6) is 5.75 Å². The first-order valence-corrected chi connectivity index (χ1v) is 7.92. The number of nitrogens with two attached hydrogens (primary N) is 1. The molecule has 0 saturated heterocycles. The van der Waals surface area contributed by atoms with Gasteiger partial charge in [-0.05, 0) is 54.4 Å². The third kappa shape index (κ3) is 4.27. The van der Waals surface area contributed by atoms with E-state index in [1.165, 1.54) is 4.68 Å². The molecule has 0 saturated carbocycles. The standard InChI is InChI=1S/C19H18N4O3/c1-13-11-23(19(20)22-13)21-10-14-5-7-17(8-6-14)26-12-15-3-2-4-16(9-15)18(24)25/h2-11H,12H2,1H3,(H2,20,22)(H,24,25). The van der Waals surface area contributed by atoms with Crippen LogP contribution in [0, 0.1) is 6.92 Å². The normalized spacial score (nSPS) is 11.0. The maximum atomic E-state index is 11.0. The number of rotatable bonds is 6. The van der Waals surface area contributed by atoms with Crippen LogP contribution in [-0.2, 0) is 6.61 Å². The van der Waals surface area contributed by atoms with Crippen molar-refractivity contribution in [3.8, 4) is 5.75 Å². The molecule has 0 aliphatic heterocycles. The van der Waals surface area contributed by atoms with E-state index in [1.54, 1.807) is 30.6 Å². The molecular weight excluding hydrogens is 332 g/mol. The molecular formula is C19H18N4O3. The average molecular weight is 350 g/mol. The Morgan fingerprint density at radius 1 is 1.31 bits per heavy atom. The van der Waals surface area contributed by atoms with Gasteiger partial charge in [-0.1, -0.05) is 12.1 Å². The second-order valence-electron chi connectivity index (χ2n) is 5.69. The molecule has 26 heavy (non-hydrogen) atoms. The highest BCUT2D eigenvalue weighted by Gasteiger charge is 2.04. The Balaban J connectivity index is 1.62. The van der Waals surface area contributed by atoms with Gasteiger partial charge in [0.05, 0.1) is 23.7 Å². The number of ether oxygens (including phenoxy) is 1. The summed E-state index contributed by atoms with van der Waals surface area (Å²) in [6.45, 7) is 2.14. The number of anilines is 1. The third-order valence-electron chi connectivity index (χ3n) is 3.63. The number of benzene rings is 2. The lowest BCUT2D eigenvalue weighted by atomic mass is 10.1. The summed E-state index contributed by atoms with van der Waals surface area (Å²) in [5.41, 5.74) is 8.46. The van der Waals surface area contributed by atoms with Gasteiger partial charge in [0.15, 0.2) is 0 Å². The van der Waals surface area contributed by atoms with Gasteiger partial charge in [-0.15, -0.1) is 0 Å². The lowest BCUT2D eigenvalue weighted by Crippen LogP contribution is -2.00. The molecule has 0 aliphatic carbocycles. The van der Waals surface area contributed by atoms with E-state index in [4.69, 9.17) is 15.6 Å². The molecule has 7 nitrogen and oxygen atoms in total. The summed E-state index contributed by atoms with van der Waals surface area (Å²) >= 11 is 0. The Morgan fingerprint density at radius 2 is 2.08 bits per heavy atom.